The molecule has 2 rings (SSSR count). The number of rotatable bonds is 7. The molecule has 0 aromatic carbocycles. The van der Waals surface area contributed by atoms with E-state index >= 15 is 0 Å². The maximum absolute atomic E-state index is 4.41. The first-order chi connectivity index (χ1) is 8.85. The summed E-state index contributed by atoms with van der Waals surface area (Å²) in [5.74, 6) is 1.94. The molecule has 2 heterocycles. The molecule has 0 amide bonds. The highest BCUT2D eigenvalue weighted by molar-refractivity contribution is 5.01. The molecule has 2 aromatic rings. The van der Waals surface area contributed by atoms with Gasteiger partial charge >= 0.3 is 0 Å². The molecule has 1 atom stereocenters. The van der Waals surface area contributed by atoms with Gasteiger partial charge in [-0.1, -0.05) is 6.92 Å². The summed E-state index contributed by atoms with van der Waals surface area (Å²) in [4.78, 5) is 8.64. The maximum Gasteiger partial charge on any atom is 0.141 e. The predicted octanol–water partition coefficient (Wildman–Crippen LogP) is 1.30. The van der Waals surface area contributed by atoms with Crippen LogP contribution in [0.15, 0.2) is 18.7 Å². The van der Waals surface area contributed by atoms with Gasteiger partial charge in [-0.3, -0.25) is 5.10 Å². The highest BCUT2D eigenvalue weighted by Gasteiger charge is 2.16. The van der Waals surface area contributed by atoms with Crippen LogP contribution in [0.25, 0.3) is 0 Å². The van der Waals surface area contributed by atoms with Crippen LogP contribution in [0.5, 0.6) is 0 Å². The highest BCUT2D eigenvalue weighted by Crippen LogP contribution is 2.13. The third-order valence-electron chi connectivity index (χ3n) is 2.93. The third-order valence-corrected chi connectivity index (χ3v) is 2.93. The molecular formula is C12H20N6. The van der Waals surface area contributed by atoms with Gasteiger partial charge in [0.1, 0.15) is 18.0 Å². The maximum atomic E-state index is 4.41. The van der Waals surface area contributed by atoms with Crippen molar-refractivity contribution in [3.63, 3.8) is 0 Å². The first-order valence-corrected chi connectivity index (χ1v) is 6.43. The van der Waals surface area contributed by atoms with Crippen molar-refractivity contribution in [2.24, 2.45) is 0 Å². The monoisotopic (exact) mass is 248 g/mol. The van der Waals surface area contributed by atoms with Crippen LogP contribution in [0, 0.1) is 0 Å². The Balaban J connectivity index is 2.10. The van der Waals surface area contributed by atoms with Crippen LogP contribution in [-0.4, -0.2) is 31.3 Å². The zero-order chi connectivity index (χ0) is 12.8. The Morgan fingerprint density at radius 1 is 1.39 bits per heavy atom. The van der Waals surface area contributed by atoms with Gasteiger partial charge in [0.25, 0.3) is 0 Å². The van der Waals surface area contributed by atoms with Gasteiger partial charge in [-0.15, -0.1) is 0 Å². The molecule has 98 valence electrons. The van der Waals surface area contributed by atoms with Gasteiger partial charge in [-0.05, 0) is 19.9 Å². The molecular weight excluding hydrogens is 228 g/mol. The van der Waals surface area contributed by atoms with Crippen LogP contribution in [0.3, 0.4) is 0 Å². The summed E-state index contributed by atoms with van der Waals surface area (Å²) >= 11 is 0. The van der Waals surface area contributed by atoms with E-state index in [1.165, 1.54) is 0 Å². The van der Waals surface area contributed by atoms with Crippen molar-refractivity contribution in [1.82, 2.24) is 30.0 Å². The van der Waals surface area contributed by atoms with Gasteiger partial charge in [-0.25, -0.2) is 9.97 Å². The van der Waals surface area contributed by atoms with Crippen LogP contribution in [-0.2, 0) is 13.0 Å². The number of nitrogens with zero attached hydrogens (tertiary/aromatic N) is 4. The summed E-state index contributed by atoms with van der Waals surface area (Å²) < 4.78 is 2.15. The van der Waals surface area contributed by atoms with Gasteiger partial charge in [0.05, 0.1) is 6.04 Å². The number of imidazole rings is 1. The second-order valence-corrected chi connectivity index (χ2v) is 4.21. The fraction of sp³-hybridized carbons (Fsp3) is 0.583. The largest absolute Gasteiger partial charge is 0.335 e. The van der Waals surface area contributed by atoms with E-state index in [1.807, 2.05) is 12.4 Å². The Morgan fingerprint density at radius 2 is 2.28 bits per heavy atom. The lowest BCUT2D eigenvalue weighted by molar-refractivity contribution is 0.486. The third kappa shape index (κ3) is 2.95. The topological polar surface area (TPSA) is 71.4 Å². The van der Waals surface area contributed by atoms with E-state index < -0.39 is 0 Å². The van der Waals surface area contributed by atoms with Crippen molar-refractivity contribution in [1.29, 1.82) is 0 Å². The minimum Gasteiger partial charge on any atom is -0.335 e. The summed E-state index contributed by atoms with van der Waals surface area (Å²) in [5.41, 5.74) is 0. The Labute approximate surface area is 107 Å². The smallest absolute Gasteiger partial charge is 0.141 e. The molecule has 1 unspecified atom stereocenters. The molecule has 0 radical (unpaired) electrons. The Hall–Kier alpha value is -1.69. The summed E-state index contributed by atoms with van der Waals surface area (Å²) in [6.07, 6.45) is 7.30. The number of hydrogen-bond acceptors (Lipinski definition) is 4. The lowest BCUT2D eigenvalue weighted by Gasteiger charge is -2.16. The summed E-state index contributed by atoms with van der Waals surface area (Å²) in [5, 5.41) is 10.3. The van der Waals surface area contributed by atoms with Crippen LogP contribution in [0.4, 0.5) is 0 Å². The zero-order valence-corrected chi connectivity index (χ0v) is 10.9. The fourth-order valence-corrected chi connectivity index (χ4v) is 1.97. The average molecular weight is 248 g/mol. The number of H-pyrrole nitrogens is 1. The predicted molar refractivity (Wildman–Crippen MR) is 69.0 cm³/mol. The first-order valence-electron chi connectivity index (χ1n) is 6.43. The van der Waals surface area contributed by atoms with Gasteiger partial charge in [0, 0.05) is 25.4 Å². The molecule has 0 fully saturated rings. The standard InChI is InChI=1S/C12H20N6/c1-3-5-13-10(12-15-9-16-17-12)8-11-14-6-7-18(11)4-2/h6-7,9-10,13H,3-5,8H2,1-2H3,(H,15,16,17). The zero-order valence-electron chi connectivity index (χ0n) is 10.9. The fourth-order valence-electron chi connectivity index (χ4n) is 1.97. The van der Waals surface area contributed by atoms with E-state index in [2.05, 4.69) is 43.9 Å². The lowest BCUT2D eigenvalue weighted by Crippen LogP contribution is -2.26. The van der Waals surface area contributed by atoms with E-state index in [9.17, 15) is 0 Å². The number of aromatic amines is 1. The number of nitrogens with one attached hydrogen (secondary N) is 2. The molecule has 18 heavy (non-hydrogen) atoms. The van der Waals surface area contributed by atoms with Crippen LogP contribution in [0.2, 0.25) is 0 Å². The molecule has 0 aliphatic rings. The Morgan fingerprint density at radius 3 is 2.94 bits per heavy atom. The van der Waals surface area contributed by atoms with E-state index in [0.29, 0.717) is 0 Å². The van der Waals surface area contributed by atoms with Crippen molar-refractivity contribution in [3.05, 3.63) is 30.4 Å². The van der Waals surface area contributed by atoms with Crippen molar-refractivity contribution in [2.75, 3.05) is 6.54 Å². The van der Waals surface area contributed by atoms with Gasteiger partial charge in [0.2, 0.25) is 0 Å². The lowest BCUT2D eigenvalue weighted by atomic mass is 10.1. The van der Waals surface area contributed by atoms with Crippen molar-refractivity contribution in [3.8, 4) is 0 Å². The second kappa shape index (κ2) is 6.30. The number of hydrogen-bond donors (Lipinski definition) is 2. The van der Waals surface area contributed by atoms with E-state index in [4.69, 9.17) is 0 Å². The van der Waals surface area contributed by atoms with Crippen molar-refractivity contribution in [2.45, 2.75) is 39.3 Å². The first kappa shape index (κ1) is 12.8. The quantitative estimate of drug-likeness (QED) is 0.775. The minimum absolute atomic E-state index is 0.139. The summed E-state index contributed by atoms with van der Waals surface area (Å²) in [6.45, 7) is 6.16. The SMILES string of the molecule is CCCNC(Cc1nccn1CC)c1ncn[nH]1. The molecule has 0 aliphatic carbocycles. The Bertz CT molecular complexity index is 447. The molecule has 0 saturated heterocycles. The molecule has 0 spiro atoms. The molecule has 2 aromatic heterocycles. The van der Waals surface area contributed by atoms with E-state index in [-0.39, 0.29) is 6.04 Å². The average Bonchev–Trinajstić information content (AvgIpc) is 3.04. The molecule has 0 saturated carbocycles. The Kier molecular flexibility index (Phi) is 4.46. The molecule has 6 nitrogen and oxygen atoms in total. The van der Waals surface area contributed by atoms with Crippen LogP contribution >= 0.6 is 0 Å². The molecule has 0 bridgehead atoms. The summed E-state index contributed by atoms with van der Waals surface area (Å²) in [6, 6.07) is 0.139. The molecule has 2 N–H and O–H groups in total. The minimum atomic E-state index is 0.139. The van der Waals surface area contributed by atoms with Crippen LogP contribution in [0.1, 0.15) is 38.0 Å². The van der Waals surface area contributed by atoms with Gasteiger partial charge in [-0.2, -0.15) is 5.10 Å². The van der Waals surface area contributed by atoms with E-state index in [0.717, 1.165) is 37.6 Å². The van der Waals surface area contributed by atoms with Gasteiger partial charge in [0.15, 0.2) is 0 Å². The normalized spacial score (nSPS) is 12.8. The van der Waals surface area contributed by atoms with Crippen LogP contribution < -0.4 is 5.32 Å². The van der Waals surface area contributed by atoms with Crippen molar-refractivity contribution >= 4 is 0 Å². The summed E-state index contributed by atoms with van der Waals surface area (Å²) in [7, 11) is 0. The van der Waals surface area contributed by atoms with Gasteiger partial charge < -0.3 is 9.88 Å². The number of aryl methyl sites for hydroxylation is 1. The molecule has 0 aliphatic heterocycles. The molecule has 6 heteroatoms. The number of aromatic nitrogens is 5. The van der Waals surface area contributed by atoms with E-state index in [1.54, 1.807) is 6.33 Å². The highest BCUT2D eigenvalue weighted by atomic mass is 15.2. The van der Waals surface area contributed by atoms with Crippen molar-refractivity contribution < 1.29 is 0 Å². The second-order valence-electron chi connectivity index (χ2n) is 4.21.